The summed E-state index contributed by atoms with van der Waals surface area (Å²) >= 11 is 0. The number of hydrazone groups is 1. The number of hydrogen-bond acceptors (Lipinski definition) is 6. The van der Waals surface area contributed by atoms with Crippen molar-refractivity contribution < 1.29 is 4.79 Å². The van der Waals surface area contributed by atoms with Gasteiger partial charge in [0.2, 0.25) is 0 Å². The fourth-order valence-electron chi connectivity index (χ4n) is 2.49. The summed E-state index contributed by atoms with van der Waals surface area (Å²) in [5.41, 5.74) is 5.84. The van der Waals surface area contributed by atoms with Gasteiger partial charge in [-0.15, -0.1) is 0 Å². The van der Waals surface area contributed by atoms with Gasteiger partial charge >= 0.3 is 0 Å². The highest BCUT2D eigenvalue weighted by molar-refractivity contribution is 6.39. The van der Waals surface area contributed by atoms with Crippen molar-refractivity contribution in [1.29, 1.82) is 0 Å². The van der Waals surface area contributed by atoms with Crippen LogP contribution in [0.1, 0.15) is 6.92 Å². The molecule has 0 aliphatic carbocycles. The molecule has 7 nitrogen and oxygen atoms in total. The van der Waals surface area contributed by atoms with Crippen LogP contribution >= 0.6 is 0 Å². The lowest BCUT2D eigenvalue weighted by Gasteiger charge is -2.35. The number of allylic oxidation sites excluding steroid dienone is 1. The first kappa shape index (κ1) is 14.8. The lowest BCUT2D eigenvalue weighted by Crippen LogP contribution is -2.51. The number of carbonyl (C=O) groups is 1. The van der Waals surface area contributed by atoms with Crippen LogP contribution in [-0.4, -0.2) is 85.8 Å². The van der Waals surface area contributed by atoms with Gasteiger partial charge in [0.05, 0.1) is 19.0 Å². The molecule has 112 valence electrons. The van der Waals surface area contributed by atoms with Gasteiger partial charge in [0, 0.05) is 32.9 Å². The van der Waals surface area contributed by atoms with Crippen LogP contribution in [0.4, 0.5) is 0 Å². The number of nitrogens with one attached hydrogen (secondary N) is 1. The van der Waals surface area contributed by atoms with Gasteiger partial charge in [0.1, 0.15) is 5.71 Å². The minimum Gasteiger partial charge on any atom is -0.364 e. The van der Waals surface area contributed by atoms with Gasteiger partial charge in [-0.05, 0) is 21.0 Å². The molecule has 2 aliphatic rings. The van der Waals surface area contributed by atoms with Gasteiger partial charge in [-0.2, -0.15) is 5.10 Å². The Hall–Kier alpha value is -1.60. The van der Waals surface area contributed by atoms with Crippen LogP contribution < -0.4 is 5.43 Å². The summed E-state index contributed by atoms with van der Waals surface area (Å²) in [5, 5.41) is 4.33. The van der Waals surface area contributed by atoms with E-state index < -0.39 is 0 Å². The fourth-order valence-corrected chi connectivity index (χ4v) is 2.49. The minimum atomic E-state index is -0.00799. The van der Waals surface area contributed by atoms with Crippen LogP contribution in [0.15, 0.2) is 16.5 Å². The second kappa shape index (κ2) is 5.80. The first-order chi connectivity index (χ1) is 9.38. The minimum absolute atomic E-state index is 0.00799. The molecule has 0 atom stereocenters. The Labute approximate surface area is 120 Å². The SMILES string of the molecule is CC1=C(NN=C2CN(C)CN(C)C2=O)CN(C)CN1C. The molecule has 2 aliphatic heterocycles. The van der Waals surface area contributed by atoms with Crippen LogP contribution in [0, 0.1) is 0 Å². The predicted octanol–water partition coefficient (Wildman–Crippen LogP) is -0.640. The van der Waals surface area contributed by atoms with Crippen molar-refractivity contribution in [1.82, 2.24) is 25.0 Å². The third-order valence-corrected chi connectivity index (χ3v) is 3.68. The second-order valence-electron chi connectivity index (χ2n) is 5.75. The molecule has 0 aromatic heterocycles. The van der Waals surface area contributed by atoms with Crippen LogP contribution in [0.3, 0.4) is 0 Å². The number of nitrogens with zero attached hydrogens (tertiary/aromatic N) is 5. The van der Waals surface area contributed by atoms with Gasteiger partial charge in [-0.25, -0.2) is 0 Å². The highest BCUT2D eigenvalue weighted by Crippen LogP contribution is 2.13. The molecule has 0 radical (unpaired) electrons. The first-order valence-electron chi connectivity index (χ1n) is 6.74. The zero-order valence-electron chi connectivity index (χ0n) is 13.0. The molecule has 0 aromatic rings. The molecular weight excluding hydrogens is 256 g/mol. The second-order valence-corrected chi connectivity index (χ2v) is 5.75. The molecule has 1 N–H and O–H groups in total. The Bertz CT molecular complexity index is 458. The summed E-state index contributed by atoms with van der Waals surface area (Å²) < 4.78 is 0. The molecule has 0 aromatic carbocycles. The summed E-state index contributed by atoms with van der Waals surface area (Å²) in [5.74, 6) is -0.00799. The topological polar surface area (TPSA) is 54.4 Å². The van der Waals surface area contributed by atoms with E-state index in [1.807, 2.05) is 14.1 Å². The van der Waals surface area contributed by atoms with Crippen LogP contribution in [-0.2, 0) is 4.79 Å². The Balaban J connectivity index is 2.11. The molecule has 1 fully saturated rings. The maximum Gasteiger partial charge on any atom is 0.272 e. The van der Waals surface area contributed by atoms with Crippen molar-refractivity contribution in [3.63, 3.8) is 0 Å². The third kappa shape index (κ3) is 3.10. The quantitative estimate of drug-likeness (QED) is 0.682. The summed E-state index contributed by atoms with van der Waals surface area (Å²) in [7, 11) is 7.88. The Morgan fingerprint density at radius 1 is 1.00 bits per heavy atom. The molecule has 1 amide bonds. The Morgan fingerprint density at radius 3 is 2.30 bits per heavy atom. The average molecular weight is 280 g/mol. The van der Waals surface area contributed by atoms with Crippen LogP contribution in [0.5, 0.6) is 0 Å². The predicted molar refractivity (Wildman–Crippen MR) is 78.8 cm³/mol. The van der Waals surface area contributed by atoms with Gasteiger partial charge in [0.25, 0.3) is 5.91 Å². The van der Waals surface area contributed by atoms with Crippen molar-refractivity contribution in [3.05, 3.63) is 11.4 Å². The normalized spacial score (nSPS) is 24.9. The highest BCUT2D eigenvalue weighted by Gasteiger charge is 2.25. The van der Waals surface area contributed by atoms with E-state index in [0.29, 0.717) is 18.9 Å². The van der Waals surface area contributed by atoms with Crippen molar-refractivity contribution in [3.8, 4) is 0 Å². The highest BCUT2D eigenvalue weighted by atomic mass is 16.2. The van der Waals surface area contributed by atoms with Gasteiger partial charge in [-0.1, -0.05) is 0 Å². The molecule has 20 heavy (non-hydrogen) atoms. The number of likely N-dealkylation sites (N-methyl/N-ethyl adjacent to an activating group) is 1. The molecule has 0 bridgehead atoms. The van der Waals surface area contributed by atoms with E-state index in [1.165, 1.54) is 0 Å². The summed E-state index contributed by atoms with van der Waals surface area (Å²) in [6, 6.07) is 0. The smallest absolute Gasteiger partial charge is 0.272 e. The van der Waals surface area contributed by atoms with E-state index in [9.17, 15) is 4.79 Å². The van der Waals surface area contributed by atoms with Crippen molar-refractivity contribution >= 4 is 11.6 Å². The maximum absolute atomic E-state index is 12.0. The number of rotatable bonds is 2. The lowest BCUT2D eigenvalue weighted by molar-refractivity contribution is -0.126. The average Bonchev–Trinajstić information content (AvgIpc) is 2.37. The summed E-state index contributed by atoms with van der Waals surface area (Å²) in [4.78, 5) is 20.1. The third-order valence-electron chi connectivity index (χ3n) is 3.68. The van der Waals surface area contributed by atoms with Crippen molar-refractivity contribution in [2.75, 3.05) is 54.6 Å². The zero-order chi connectivity index (χ0) is 14.9. The monoisotopic (exact) mass is 280 g/mol. The van der Waals surface area contributed by atoms with E-state index in [2.05, 4.69) is 39.2 Å². The van der Waals surface area contributed by atoms with E-state index in [1.54, 1.807) is 11.9 Å². The molecule has 2 rings (SSSR count). The number of carbonyl (C=O) groups excluding carboxylic acids is 1. The molecule has 0 spiro atoms. The largest absolute Gasteiger partial charge is 0.364 e. The molecular formula is C13H24N6O. The molecule has 0 unspecified atom stereocenters. The van der Waals surface area contributed by atoms with E-state index in [0.717, 1.165) is 24.6 Å². The number of amides is 1. The first-order valence-corrected chi connectivity index (χ1v) is 6.74. The van der Waals surface area contributed by atoms with Gasteiger partial charge in [0.15, 0.2) is 0 Å². The molecule has 7 heteroatoms. The van der Waals surface area contributed by atoms with Crippen LogP contribution in [0.25, 0.3) is 0 Å². The van der Waals surface area contributed by atoms with Crippen molar-refractivity contribution in [2.24, 2.45) is 5.10 Å². The van der Waals surface area contributed by atoms with Gasteiger partial charge < -0.3 is 9.80 Å². The van der Waals surface area contributed by atoms with Gasteiger partial charge in [-0.3, -0.25) is 20.0 Å². The molecule has 1 saturated heterocycles. The summed E-state index contributed by atoms with van der Waals surface area (Å²) in [6.07, 6.45) is 0. The fraction of sp³-hybridized carbons (Fsp3) is 0.692. The number of hydrogen-bond donors (Lipinski definition) is 1. The lowest BCUT2D eigenvalue weighted by atomic mass is 10.2. The van der Waals surface area contributed by atoms with E-state index in [4.69, 9.17) is 0 Å². The maximum atomic E-state index is 12.0. The Morgan fingerprint density at radius 2 is 1.60 bits per heavy atom. The van der Waals surface area contributed by atoms with E-state index >= 15 is 0 Å². The van der Waals surface area contributed by atoms with E-state index in [-0.39, 0.29) is 5.91 Å². The molecule has 0 saturated carbocycles. The van der Waals surface area contributed by atoms with Crippen molar-refractivity contribution in [2.45, 2.75) is 6.92 Å². The Kier molecular flexibility index (Phi) is 4.29. The summed E-state index contributed by atoms with van der Waals surface area (Å²) in [6.45, 7) is 5.00. The standard InChI is InChI=1S/C13H24N6O/c1-10-11(6-16(2)8-18(10)4)14-15-12-7-17(3)9-19(5)13(12)20/h14H,6-9H2,1-5H3. The molecule has 2 heterocycles. The van der Waals surface area contributed by atoms with Crippen LogP contribution in [0.2, 0.25) is 0 Å². The zero-order valence-corrected chi connectivity index (χ0v) is 13.0.